The van der Waals surface area contributed by atoms with Gasteiger partial charge < -0.3 is 0 Å². The molecule has 0 heteroatoms. The van der Waals surface area contributed by atoms with E-state index in [2.05, 4.69) is 48.5 Å². The van der Waals surface area contributed by atoms with Crippen LogP contribution >= 0.6 is 0 Å². The summed E-state index contributed by atoms with van der Waals surface area (Å²) in [5, 5.41) is 0. The van der Waals surface area contributed by atoms with Gasteiger partial charge in [-0.2, -0.15) is 0 Å². The van der Waals surface area contributed by atoms with Gasteiger partial charge in [-0.3, -0.25) is 0 Å². The first-order valence-electron chi connectivity index (χ1n) is 6.71. The minimum atomic E-state index is 0.484. The molecule has 1 fully saturated rings. The topological polar surface area (TPSA) is 0 Å². The van der Waals surface area contributed by atoms with Gasteiger partial charge in [0, 0.05) is 0 Å². The Morgan fingerprint density at radius 2 is 1.47 bits per heavy atom. The minimum Gasteiger partial charge on any atom is -0.0649 e. The van der Waals surface area contributed by atoms with Gasteiger partial charge in [0.25, 0.3) is 0 Å². The van der Waals surface area contributed by atoms with E-state index in [0.29, 0.717) is 16.2 Å². The van der Waals surface area contributed by atoms with Crippen molar-refractivity contribution in [1.29, 1.82) is 0 Å². The molecule has 1 aliphatic rings. The number of hydrogen-bond acceptors (Lipinski definition) is 0. The summed E-state index contributed by atoms with van der Waals surface area (Å²) >= 11 is 0. The van der Waals surface area contributed by atoms with Crippen molar-refractivity contribution in [3.05, 3.63) is 0 Å². The SMILES string of the molecule is CCC(C)(CC)CC1(C(C)(C)C)CC1C. The maximum atomic E-state index is 2.48. The molecule has 0 aromatic carbocycles. The maximum absolute atomic E-state index is 2.48. The average Bonchev–Trinajstić information content (AvgIpc) is 2.77. The summed E-state index contributed by atoms with van der Waals surface area (Å²) in [6, 6.07) is 0. The van der Waals surface area contributed by atoms with E-state index in [0.717, 1.165) is 5.92 Å². The molecule has 1 saturated carbocycles. The Labute approximate surface area is 96.8 Å². The molecule has 2 unspecified atom stereocenters. The molecule has 0 saturated heterocycles. The monoisotopic (exact) mass is 210 g/mol. The molecule has 1 rings (SSSR count). The Kier molecular flexibility index (Phi) is 3.30. The standard InChI is InChI=1S/C15H30/c1-8-14(7,9-2)11-15(10-12(15)3)13(4,5)6/h12H,8-11H2,1-7H3. The fraction of sp³-hybridized carbons (Fsp3) is 1.00. The van der Waals surface area contributed by atoms with Crippen molar-refractivity contribution in [1.82, 2.24) is 0 Å². The fourth-order valence-electron chi connectivity index (χ4n) is 3.31. The highest BCUT2D eigenvalue weighted by atomic mass is 14.6. The Morgan fingerprint density at radius 1 is 1.07 bits per heavy atom. The zero-order valence-corrected chi connectivity index (χ0v) is 11.9. The first-order valence-corrected chi connectivity index (χ1v) is 6.71. The van der Waals surface area contributed by atoms with Gasteiger partial charge in [0.05, 0.1) is 0 Å². The van der Waals surface area contributed by atoms with Crippen LogP contribution in [0.5, 0.6) is 0 Å². The van der Waals surface area contributed by atoms with Crippen molar-refractivity contribution in [2.24, 2.45) is 22.2 Å². The van der Waals surface area contributed by atoms with Crippen LogP contribution in [0.3, 0.4) is 0 Å². The van der Waals surface area contributed by atoms with E-state index in [1.807, 2.05) is 0 Å². The lowest BCUT2D eigenvalue weighted by molar-refractivity contribution is 0.102. The number of rotatable bonds is 4. The molecule has 0 N–H and O–H groups in total. The first kappa shape index (κ1) is 13.1. The van der Waals surface area contributed by atoms with Gasteiger partial charge in [-0.05, 0) is 35.0 Å². The van der Waals surface area contributed by atoms with E-state index in [4.69, 9.17) is 0 Å². The molecule has 0 aromatic heterocycles. The molecule has 0 nitrogen and oxygen atoms in total. The molecular formula is C15H30. The maximum Gasteiger partial charge on any atom is -0.0215 e. The van der Waals surface area contributed by atoms with Crippen LogP contribution in [0, 0.1) is 22.2 Å². The first-order chi connectivity index (χ1) is 6.71. The van der Waals surface area contributed by atoms with E-state index >= 15 is 0 Å². The predicted molar refractivity (Wildman–Crippen MR) is 69.0 cm³/mol. The van der Waals surface area contributed by atoms with E-state index in [1.54, 1.807) is 0 Å². The van der Waals surface area contributed by atoms with Crippen LogP contribution in [0.15, 0.2) is 0 Å². The van der Waals surface area contributed by atoms with Crippen molar-refractivity contribution in [2.45, 2.75) is 74.1 Å². The van der Waals surface area contributed by atoms with Gasteiger partial charge >= 0.3 is 0 Å². The van der Waals surface area contributed by atoms with Crippen LogP contribution in [0.2, 0.25) is 0 Å². The zero-order valence-electron chi connectivity index (χ0n) is 11.9. The van der Waals surface area contributed by atoms with Gasteiger partial charge in [-0.1, -0.05) is 61.3 Å². The average molecular weight is 210 g/mol. The van der Waals surface area contributed by atoms with Gasteiger partial charge in [0.15, 0.2) is 0 Å². The van der Waals surface area contributed by atoms with Crippen molar-refractivity contribution >= 4 is 0 Å². The largest absolute Gasteiger partial charge is 0.0649 e. The van der Waals surface area contributed by atoms with Crippen molar-refractivity contribution in [3.63, 3.8) is 0 Å². The van der Waals surface area contributed by atoms with Crippen molar-refractivity contribution in [2.75, 3.05) is 0 Å². The Hall–Kier alpha value is 0. The highest BCUT2D eigenvalue weighted by molar-refractivity contribution is 5.08. The third-order valence-electron chi connectivity index (χ3n) is 5.40. The zero-order chi connectivity index (χ0) is 11.9. The van der Waals surface area contributed by atoms with Crippen LogP contribution in [0.4, 0.5) is 0 Å². The van der Waals surface area contributed by atoms with Crippen LogP contribution in [0.25, 0.3) is 0 Å². The molecule has 2 atom stereocenters. The number of hydrogen-bond donors (Lipinski definition) is 0. The van der Waals surface area contributed by atoms with Crippen LogP contribution in [-0.2, 0) is 0 Å². The van der Waals surface area contributed by atoms with Crippen LogP contribution < -0.4 is 0 Å². The lowest BCUT2D eigenvalue weighted by Gasteiger charge is -2.40. The lowest BCUT2D eigenvalue weighted by Crippen LogP contribution is -2.30. The summed E-state index contributed by atoms with van der Waals surface area (Å²) in [5.74, 6) is 0.940. The third kappa shape index (κ3) is 2.24. The summed E-state index contributed by atoms with van der Waals surface area (Å²) in [6.07, 6.45) is 5.53. The normalized spacial score (nSPS) is 31.8. The van der Waals surface area contributed by atoms with Crippen molar-refractivity contribution in [3.8, 4) is 0 Å². The lowest BCUT2D eigenvalue weighted by atomic mass is 9.65. The van der Waals surface area contributed by atoms with Gasteiger partial charge in [0.2, 0.25) is 0 Å². The van der Waals surface area contributed by atoms with Crippen LogP contribution in [0.1, 0.15) is 74.1 Å². The summed E-state index contributed by atoms with van der Waals surface area (Å²) < 4.78 is 0. The Balaban J connectivity index is 2.79. The predicted octanol–water partition coefficient (Wildman–Crippen LogP) is 5.28. The summed E-state index contributed by atoms with van der Waals surface area (Å²) in [7, 11) is 0. The van der Waals surface area contributed by atoms with E-state index in [1.165, 1.54) is 25.7 Å². The molecule has 90 valence electrons. The molecule has 0 spiro atoms. The highest BCUT2D eigenvalue weighted by Crippen LogP contribution is 2.68. The molecule has 0 amide bonds. The second-order valence-corrected chi connectivity index (χ2v) is 7.21. The van der Waals surface area contributed by atoms with E-state index in [-0.39, 0.29) is 0 Å². The fourth-order valence-corrected chi connectivity index (χ4v) is 3.31. The van der Waals surface area contributed by atoms with Crippen molar-refractivity contribution < 1.29 is 0 Å². The van der Waals surface area contributed by atoms with Gasteiger partial charge in [0.1, 0.15) is 0 Å². The molecule has 15 heavy (non-hydrogen) atoms. The minimum absolute atomic E-state index is 0.484. The molecule has 0 heterocycles. The molecule has 0 radical (unpaired) electrons. The second kappa shape index (κ2) is 3.79. The smallest absolute Gasteiger partial charge is 0.0215 e. The molecule has 1 aliphatic carbocycles. The van der Waals surface area contributed by atoms with Gasteiger partial charge in [-0.25, -0.2) is 0 Å². The molecule has 0 aliphatic heterocycles. The Bertz CT molecular complexity index is 217. The Morgan fingerprint density at radius 3 is 1.67 bits per heavy atom. The summed E-state index contributed by atoms with van der Waals surface area (Å²) in [5.41, 5.74) is 1.68. The van der Waals surface area contributed by atoms with E-state index in [9.17, 15) is 0 Å². The molecule has 0 aromatic rings. The molecule has 0 bridgehead atoms. The quantitative estimate of drug-likeness (QED) is 0.592. The van der Waals surface area contributed by atoms with Gasteiger partial charge in [-0.15, -0.1) is 0 Å². The second-order valence-electron chi connectivity index (χ2n) is 7.21. The van der Waals surface area contributed by atoms with E-state index < -0.39 is 0 Å². The summed E-state index contributed by atoms with van der Waals surface area (Å²) in [6.45, 7) is 16.9. The molecular weight excluding hydrogens is 180 g/mol. The van der Waals surface area contributed by atoms with Crippen LogP contribution in [-0.4, -0.2) is 0 Å². The summed E-state index contributed by atoms with van der Waals surface area (Å²) in [4.78, 5) is 0. The third-order valence-corrected chi connectivity index (χ3v) is 5.40. The highest BCUT2D eigenvalue weighted by Gasteiger charge is 2.59.